The molecule has 0 bridgehead atoms. The van der Waals surface area contributed by atoms with E-state index in [1.807, 2.05) is 18.2 Å². The van der Waals surface area contributed by atoms with E-state index in [1.165, 1.54) is 17.0 Å². The molecular weight excluding hydrogens is 248 g/mol. The molecule has 1 N–H and O–H groups in total. The van der Waals surface area contributed by atoms with E-state index in [1.54, 1.807) is 7.11 Å². The summed E-state index contributed by atoms with van der Waals surface area (Å²) >= 11 is 0. The largest absolute Gasteiger partial charge is 0.495 e. The first kappa shape index (κ1) is 14.7. The minimum Gasteiger partial charge on any atom is -0.495 e. The second-order valence-electron chi connectivity index (χ2n) is 5.44. The van der Waals surface area contributed by atoms with Crippen molar-refractivity contribution in [3.05, 3.63) is 47.3 Å². The smallest absolute Gasteiger partial charge is 0.142 e. The van der Waals surface area contributed by atoms with Crippen LogP contribution in [-0.4, -0.2) is 17.7 Å². The molecule has 0 aliphatic carbocycles. The van der Waals surface area contributed by atoms with Crippen molar-refractivity contribution in [2.75, 3.05) is 7.11 Å². The van der Waals surface area contributed by atoms with Gasteiger partial charge in [-0.05, 0) is 37.6 Å². The number of hydrogen-bond acceptors (Lipinski definition) is 2. The van der Waals surface area contributed by atoms with Gasteiger partial charge in [-0.2, -0.15) is 0 Å². The summed E-state index contributed by atoms with van der Waals surface area (Å²) in [5.41, 5.74) is 4.93. The van der Waals surface area contributed by atoms with Gasteiger partial charge in [0.05, 0.1) is 12.8 Å². The number of aromatic nitrogens is 1. The molecule has 2 aromatic rings. The molecule has 0 fully saturated rings. The summed E-state index contributed by atoms with van der Waals surface area (Å²) in [7, 11) is 1.72. The predicted molar refractivity (Wildman–Crippen MR) is 83.8 cm³/mol. The Morgan fingerprint density at radius 1 is 1.20 bits per heavy atom. The van der Waals surface area contributed by atoms with Crippen LogP contribution in [0.2, 0.25) is 0 Å². The lowest BCUT2D eigenvalue weighted by Gasteiger charge is -2.14. The first-order valence-corrected chi connectivity index (χ1v) is 7.09. The fourth-order valence-electron chi connectivity index (χ4n) is 2.51. The summed E-state index contributed by atoms with van der Waals surface area (Å²) in [6.45, 7) is 9.53. The average molecular weight is 272 g/mol. The molecule has 0 radical (unpaired) electrons. The molecule has 1 aromatic carbocycles. The van der Waals surface area contributed by atoms with E-state index in [4.69, 9.17) is 4.74 Å². The molecule has 2 rings (SSSR count). The first-order valence-electron chi connectivity index (χ1n) is 7.09. The van der Waals surface area contributed by atoms with Gasteiger partial charge in [-0.25, -0.2) is 0 Å². The molecule has 0 amide bonds. The maximum absolute atomic E-state index is 5.48. The Kier molecular flexibility index (Phi) is 4.50. The zero-order valence-electron chi connectivity index (χ0n) is 13.0. The van der Waals surface area contributed by atoms with E-state index in [0.717, 1.165) is 18.0 Å². The summed E-state index contributed by atoms with van der Waals surface area (Å²) in [5, 5.41) is 3.48. The molecule has 0 saturated heterocycles. The van der Waals surface area contributed by atoms with E-state index in [2.05, 4.69) is 49.7 Å². The molecule has 0 spiro atoms. The normalized spacial score (nSPS) is 11.1. The van der Waals surface area contributed by atoms with Gasteiger partial charge in [0.25, 0.3) is 0 Å². The van der Waals surface area contributed by atoms with E-state index in [9.17, 15) is 0 Å². The van der Waals surface area contributed by atoms with Gasteiger partial charge >= 0.3 is 0 Å². The maximum Gasteiger partial charge on any atom is 0.142 e. The van der Waals surface area contributed by atoms with E-state index in [0.29, 0.717) is 6.04 Å². The van der Waals surface area contributed by atoms with E-state index >= 15 is 0 Å². The minimum atomic E-state index is 0.490. The average Bonchev–Trinajstić information content (AvgIpc) is 2.71. The number of aryl methyl sites for hydroxylation is 1. The summed E-state index contributed by atoms with van der Waals surface area (Å²) in [6.07, 6.45) is 0. The molecule has 0 unspecified atom stereocenters. The maximum atomic E-state index is 5.48. The fraction of sp³-hybridized carbons (Fsp3) is 0.412. The molecule has 1 aromatic heterocycles. The summed E-state index contributed by atoms with van der Waals surface area (Å²) < 4.78 is 7.74. The van der Waals surface area contributed by atoms with Gasteiger partial charge in [0.2, 0.25) is 0 Å². The molecule has 20 heavy (non-hydrogen) atoms. The monoisotopic (exact) mass is 272 g/mol. The van der Waals surface area contributed by atoms with Crippen molar-refractivity contribution in [1.29, 1.82) is 0 Å². The van der Waals surface area contributed by atoms with Crippen molar-refractivity contribution in [1.82, 2.24) is 9.88 Å². The van der Waals surface area contributed by atoms with Crippen molar-refractivity contribution >= 4 is 0 Å². The Morgan fingerprint density at radius 2 is 1.90 bits per heavy atom. The number of para-hydroxylation sites is 2. The van der Waals surface area contributed by atoms with Crippen LogP contribution < -0.4 is 10.1 Å². The van der Waals surface area contributed by atoms with Crippen LogP contribution in [0.5, 0.6) is 5.75 Å². The van der Waals surface area contributed by atoms with Crippen LogP contribution in [0.25, 0.3) is 5.69 Å². The predicted octanol–water partition coefficient (Wildman–Crippen LogP) is 3.60. The van der Waals surface area contributed by atoms with E-state index < -0.39 is 0 Å². The van der Waals surface area contributed by atoms with Gasteiger partial charge in [-0.1, -0.05) is 26.0 Å². The number of rotatable bonds is 5. The lowest BCUT2D eigenvalue weighted by atomic mass is 10.2. The number of nitrogens with zero attached hydrogens (tertiary/aromatic N) is 1. The lowest BCUT2D eigenvalue weighted by Crippen LogP contribution is -2.22. The minimum absolute atomic E-state index is 0.490. The van der Waals surface area contributed by atoms with Crippen LogP contribution in [0.4, 0.5) is 0 Å². The second kappa shape index (κ2) is 6.14. The van der Waals surface area contributed by atoms with E-state index in [-0.39, 0.29) is 0 Å². The Bertz CT molecular complexity index is 585. The third kappa shape index (κ3) is 2.88. The lowest BCUT2D eigenvalue weighted by molar-refractivity contribution is 0.412. The van der Waals surface area contributed by atoms with Crippen molar-refractivity contribution < 1.29 is 4.74 Å². The second-order valence-corrected chi connectivity index (χ2v) is 5.44. The van der Waals surface area contributed by atoms with Crippen LogP contribution in [0, 0.1) is 13.8 Å². The SMILES string of the molecule is COc1ccccc1-n1c(C)cc(CNC(C)C)c1C. The van der Waals surface area contributed by atoms with Crippen LogP contribution in [-0.2, 0) is 6.54 Å². The van der Waals surface area contributed by atoms with Crippen molar-refractivity contribution in [2.24, 2.45) is 0 Å². The van der Waals surface area contributed by atoms with Crippen LogP contribution in [0.1, 0.15) is 30.8 Å². The molecule has 0 aliphatic rings. The highest BCUT2D eigenvalue weighted by molar-refractivity contribution is 5.50. The van der Waals surface area contributed by atoms with Gasteiger partial charge in [0.1, 0.15) is 5.75 Å². The topological polar surface area (TPSA) is 26.2 Å². The number of ether oxygens (including phenoxy) is 1. The van der Waals surface area contributed by atoms with Crippen LogP contribution >= 0.6 is 0 Å². The van der Waals surface area contributed by atoms with Crippen molar-refractivity contribution in [2.45, 2.75) is 40.3 Å². The van der Waals surface area contributed by atoms with Gasteiger partial charge < -0.3 is 14.6 Å². The molecule has 3 nitrogen and oxygen atoms in total. The molecule has 0 saturated carbocycles. The standard InChI is InChI=1S/C17H24N2O/c1-12(2)18-11-15-10-13(3)19(14(15)4)16-8-6-7-9-17(16)20-5/h6-10,12,18H,11H2,1-5H3. The van der Waals surface area contributed by atoms with Crippen molar-refractivity contribution in [3.63, 3.8) is 0 Å². The number of benzene rings is 1. The summed E-state index contributed by atoms with van der Waals surface area (Å²) in [4.78, 5) is 0. The highest BCUT2D eigenvalue weighted by Gasteiger charge is 2.13. The Balaban J connectivity index is 2.42. The third-order valence-electron chi connectivity index (χ3n) is 3.56. The quantitative estimate of drug-likeness (QED) is 0.900. The number of nitrogens with one attached hydrogen (secondary N) is 1. The molecule has 1 heterocycles. The molecule has 0 atom stereocenters. The zero-order chi connectivity index (χ0) is 14.7. The molecular formula is C17H24N2O. The summed E-state index contributed by atoms with van der Waals surface area (Å²) in [5.74, 6) is 0.901. The highest BCUT2D eigenvalue weighted by atomic mass is 16.5. The third-order valence-corrected chi connectivity index (χ3v) is 3.56. The zero-order valence-corrected chi connectivity index (χ0v) is 13.0. The Labute approximate surface area is 121 Å². The Morgan fingerprint density at radius 3 is 2.55 bits per heavy atom. The Hall–Kier alpha value is -1.74. The van der Waals surface area contributed by atoms with Gasteiger partial charge in [0.15, 0.2) is 0 Å². The fourth-order valence-corrected chi connectivity index (χ4v) is 2.51. The highest BCUT2D eigenvalue weighted by Crippen LogP contribution is 2.27. The molecule has 0 aliphatic heterocycles. The van der Waals surface area contributed by atoms with Gasteiger partial charge in [-0.15, -0.1) is 0 Å². The molecule has 3 heteroatoms. The van der Waals surface area contributed by atoms with Gasteiger partial charge in [-0.3, -0.25) is 0 Å². The first-order chi connectivity index (χ1) is 9.54. The number of hydrogen-bond donors (Lipinski definition) is 1. The van der Waals surface area contributed by atoms with Crippen molar-refractivity contribution in [3.8, 4) is 11.4 Å². The van der Waals surface area contributed by atoms with Crippen LogP contribution in [0.3, 0.4) is 0 Å². The summed E-state index contributed by atoms with van der Waals surface area (Å²) in [6, 6.07) is 10.9. The van der Waals surface area contributed by atoms with Gasteiger partial charge in [0, 0.05) is 24.0 Å². The molecule has 108 valence electrons. The number of methoxy groups -OCH3 is 1. The van der Waals surface area contributed by atoms with Crippen LogP contribution in [0.15, 0.2) is 30.3 Å².